The minimum absolute atomic E-state index is 0. The molecule has 1 fully saturated rings. The number of hydrogen-bond donors (Lipinski definition) is 3. The van der Waals surface area contributed by atoms with Crippen LogP contribution in [0.2, 0.25) is 0 Å². The molecule has 0 radical (unpaired) electrons. The average Bonchev–Trinajstić information content (AvgIpc) is 3.19. The molecule has 0 heterocycles. The fourth-order valence-corrected chi connectivity index (χ4v) is 2.45. The summed E-state index contributed by atoms with van der Waals surface area (Å²) < 4.78 is 5.66. The van der Waals surface area contributed by atoms with Gasteiger partial charge in [-0.1, -0.05) is 6.92 Å². The topological polar surface area (TPSA) is 74.8 Å². The minimum Gasteiger partial charge on any atom is -0.491 e. The van der Waals surface area contributed by atoms with Gasteiger partial charge in [-0.25, -0.2) is 4.99 Å². The SMILES string of the molecule is CC(C)Oc1ccc(NC(=NCC(=O)NC(C)(C)C)NC2CC2C)cc1.I. The van der Waals surface area contributed by atoms with Gasteiger partial charge in [-0.3, -0.25) is 4.79 Å². The van der Waals surface area contributed by atoms with E-state index in [1.807, 2.05) is 58.9 Å². The van der Waals surface area contributed by atoms with E-state index < -0.39 is 0 Å². The summed E-state index contributed by atoms with van der Waals surface area (Å²) in [6.07, 6.45) is 1.26. The van der Waals surface area contributed by atoms with Crippen molar-refractivity contribution in [1.29, 1.82) is 0 Å². The van der Waals surface area contributed by atoms with Gasteiger partial charge in [0.1, 0.15) is 12.3 Å². The summed E-state index contributed by atoms with van der Waals surface area (Å²) in [5.74, 6) is 1.99. The molecule has 0 saturated heterocycles. The molecule has 1 saturated carbocycles. The molecule has 152 valence electrons. The molecule has 27 heavy (non-hydrogen) atoms. The molecule has 0 aliphatic heterocycles. The lowest BCUT2D eigenvalue weighted by atomic mass is 10.1. The number of aliphatic imine (C=N–C) groups is 1. The summed E-state index contributed by atoms with van der Waals surface area (Å²) in [6.45, 7) is 12.2. The van der Waals surface area contributed by atoms with E-state index in [2.05, 4.69) is 27.9 Å². The van der Waals surface area contributed by atoms with Gasteiger partial charge < -0.3 is 20.7 Å². The van der Waals surface area contributed by atoms with Crippen LogP contribution in [0, 0.1) is 5.92 Å². The van der Waals surface area contributed by atoms with Crippen molar-refractivity contribution in [3.63, 3.8) is 0 Å². The highest BCUT2D eigenvalue weighted by Gasteiger charge is 2.33. The summed E-state index contributed by atoms with van der Waals surface area (Å²) in [4.78, 5) is 16.5. The first kappa shape index (κ1) is 23.5. The third kappa shape index (κ3) is 9.30. The first-order valence-electron chi connectivity index (χ1n) is 9.28. The fraction of sp³-hybridized carbons (Fsp3) is 0.600. The lowest BCUT2D eigenvalue weighted by Gasteiger charge is -2.20. The van der Waals surface area contributed by atoms with Crippen molar-refractivity contribution in [3.05, 3.63) is 24.3 Å². The molecule has 0 bridgehead atoms. The van der Waals surface area contributed by atoms with Crippen molar-refractivity contribution in [2.24, 2.45) is 10.9 Å². The highest BCUT2D eigenvalue weighted by molar-refractivity contribution is 14.0. The lowest BCUT2D eigenvalue weighted by molar-refractivity contribution is -0.121. The second kappa shape index (κ2) is 10.1. The molecule has 2 rings (SSSR count). The summed E-state index contributed by atoms with van der Waals surface area (Å²) in [5, 5.41) is 9.58. The smallest absolute Gasteiger partial charge is 0.242 e. The van der Waals surface area contributed by atoms with E-state index in [0.29, 0.717) is 17.9 Å². The fourth-order valence-electron chi connectivity index (χ4n) is 2.45. The van der Waals surface area contributed by atoms with Crippen LogP contribution in [0.5, 0.6) is 5.75 Å². The largest absolute Gasteiger partial charge is 0.491 e. The number of nitrogens with one attached hydrogen (secondary N) is 3. The zero-order valence-electron chi connectivity index (χ0n) is 17.1. The quantitative estimate of drug-likeness (QED) is 0.324. The Hall–Kier alpha value is -1.51. The van der Waals surface area contributed by atoms with Crippen LogP contribution in [0.1, 0.15) is 48.0 Å². The second-order valence-corrected chi connectivity index (χ2v) is 8.24. The Kier molecular flexibility index (Phi) is 8.84. The van der Waals surface area contributed by atoms with Gasteiger partial charge in [-0.2, -0.15) is 0 Å². The van der Waals surface area contributed by atoms with Gasteiger partial charge in [0.2, 0.25) is 5.91 Å². The van der Waals surface area contributed by atoms with E-state index in [4.69, 9.17) is 4.74 Å². The first-order valence-corrected chi connectivity index (χ1v) is 9.28. The molecule has 2 atom stereocenters. The number of guanidine groups is 1. The molecule has 1 aliphatic rings. The zero-order chi connectivity index (χ0) is 19.3. The summed E-state index contributed by atoms with van der Waals surface area (Å²) in [6, 6.07) is 8.15. The molecule has 3 N–H and O–H groups in total. The van der Waals surface area contributed by atoms with Crippen molar-refractivity contribution < 1.29 is 9.53 Å². The average molecular weight is 488 g/mol. The van der Waals surface area contributed by atoms with Crippen LogP contribution in [0.15, 0.2) is 29.3 Å². The molecule has 1 amide bonds. The van der Waals surface area contributed by atoms with E-state index in [1.54, 1.807) is 0 Å². The number of amides is 1. The van der Waals surface area contributed by atoms with Crippen molar-refractivity contribution in [2.45, 2.75) is 65.6 Å². The Labute approximate surface area is 179 Å². The van der Waals surface area contributed by atoms with E-state index in [1.165, 1.54) is 0 Å². The highest BCUT2D eigenvalue weighted by Crippen LogP contribution is 2.29. The third-order valence-corrected chi connectivity index (χ3v) is 3.82. The highest BCUT2D eigenvalue weighted by atomic mass is 127. The predicted octanol–water partition coefficient (Wildman–Crippen LogP) is 3.77. The van der Waals surface area contributed by atoms with Crippen molar-refractivity contribution in [1.82, 2.24) is 10.6 Å². The van der Waals surface area contributed by atoms with Crippen molar-refractivity contribution >= 4 is 41.5 Å². The number of carbonyl (C=O) groups is 1. The molecule has 7 heteroatoms. The van der Waals surface area contributed by atoms with Gasteiger partial charge in [-0.15, -0.1) is 24.0 Å². The Balaban J connectivity index is 0.00000364. The van der Waals surface area contributed by atoms with E-state index >= 15 is 0 Å². The van der Waals surface area contributed by atoms with Crippen molar-refractivity contribution in [3.8, 4) is 5.75 Å². The lowest BCUT2D eigenvalue weighted by Crippen LogP contribution is -2.42. The molecule has 1 aliphatic carbocycles. The van der Waals surface area contributed by atoms with E-state index in [0.717, 1.165) is 17.9 Å². The number of ether oxygens (including phenoxy) is 1. The van der Waals surface area contributed by atoms with Crippen LogP contribution in [0.25, 0.3) is 0 Å². The monoisotopic (exact) mass is 488 g/mol. The van der Waals surface area contributed by atoms with Crippen LogP contribution >= 0.6 is 24.0 Å². The van der Waals surface area contributed by atoms with Gasteiger partial charge in [0, 0.05) is 17.3 Å². The minimum atomic E-state index is -0.259. The van der Waals surface area contributed by atoms with E-state index in [9.17, 15) is 4.79 Å². The maximum atomic E-state index is 12.0. The van der Waals surface area contributed by atoms with E-state index in [-0.39, 0.29) is 48.1 Å². The molecule has 0 aromatic heterocycles. The van der Waals surface area contributed by atoms with Crippen molar-refractivity contribution in [2.75, 3.05) is 11.9 Å². The second-order valence-electron chi connectivity index (χ2n) is 8.24. The standard InChI is InChI=1S/C20H32N4O2.HI/c1-13(2)26-16-9-7-15(8-10-16)22-19(23-17-11-14(17)3)21-12-18(25)24-20(4,5)6;/h7-10,13-14,17H,11-12H2,1-6H3,(H,24,25)(H2,21,22,23);1H. The molecule has 0 spiro atoms. The van der Waals surface area contributed by atoms with Crippen LogP contribution in [-0.4, -0.2) is 36.1 Å². The Morgan fingerprint density at radius 2 is 1.85 bits per heavy atom. The van der Waals surface area contributed by atoms with Crippen LogP contribution in [-0.2, 0) is 4.79 Å². The zero-order valence-corrected chi connectivity index (χ0v) is 19.5. The Morgan fingerprint density at radius 3 is 2.33 bits per heavy atom. The molecular weight excluding hydrogens is 455 g/mol. The summed E-state index contributed by atoms with van der Waals surface area (Å²) in [7, 11) is 0. The maximum absolute atomic E-state index is 12.0. The van der Waals surface area contributed by atoms with Gasteiger partial charge in [0.25, 0.3) is 0 Å². The number of carbonyl (C=O) groups excluding carboxylic acids is 1. The number of anilines is 1. The normalized spacial score (nSPS) is 19.1. The Bertz CT molecular complexity index is 638. The summed E-state index contributed by atoms with van der Waals surface area (Å²) in [5.41, 5.74) is 0.641. The van der Waals surface area contributed by atoms with Gasteiger partial charge in [0.15, 0.2) is 5.96 Å². The Morgan fingerprint density at radius 1 is 1.26 bits per heavy atom. The third-order valence-electron chi connectivity index (χ3n) is 3.82. The van der Waals surface area contributed by atoms with Crippen LogP contribution in [0.4, 0.5) is 5.69 Å². The van der Waals surface area contributed by atoms with Crippen LogP contribution < -0.4 is 20.7 Å². The number of halogens is 1. The number of nitrogens with zero attached hydrogens (tertiary/aromatic N) is 1. The van der Waals surface area contributed by atoms with Gasteiger partial charge in [-0.05, 0) is 71.2 Å². The number of benzene rings is 1. The number of hydrogen-bond acceptors (Lipinski definition) is 3. The number of rotatable bonds is 6. The van der Waals surface area contributed by atoms with Gasteiger partial charge in [0.05, 0.1) is 6.10 Å². The molecular formula is C20H33IN4O2. The van der Waals surface area contributed by atoms with Gasteiger partial charge >= 0.3 is 0 Å². The van der Waals surface area contributed by atoms with Crippen LogP contribution in [0.3, 0.4) is 0 Å². The summed E-state index contributed by atoms with van der Waals surface area (Å²) >= 11 is 0. The molecule has 6 nitrogen and oxygen atoms in total. The predicted molar refractivity (Wildman–Crippen MR) is 122 cm³/mol. The molecule has 1 aromatic rings. The maximum Gasteiger partial charge on any atom is 0.242 e. The molecule has 2 unspecified atom stereocenters. The molecule has 1 aromatic carbocycles. The first-order chi connectivity index (χ1) is 12.1.